The highest BCUT2D eigenvalue weighted by Crippen LogP contribution is 2.69. The summed E-state index contributed by atoms with van der Waals surface area (Å²) in [5, 5.41) is 3.60. The molecule has 9 N–H and O–H groups in total. The highest BCUT2D eigenvalue weighted by atomic mass is 16.5. The second-order valence-corrected chi connectivity index (χ2v) is 15.5. The molecule has 258 valence electrons. The van der Waals surface area contributed by atoms with Gasteiger partial charge in [-0.2, -0.15) is 0 Å². The van der Waals surface area contributed by atoms with Crippen molar-refractivity contribution in [1.29, 1.82) is 0 Å². The zero-order chi connectivity index (χ0) is 31.6. The van der Waals surface area contributed by atoms with Gasteiger partial charge in [-0.05, 0) is 164 Å². The first kappa shape index (κ1) is 36.5. The zero-order valence-electron chi connectivity index (χ0n) is 28.8. The van der Waals surface area contributed by atoms with Crippen LogP contribution in [0.1, 0.15) is 104 Å². The van der Waals surface area contributed by atoms with Crippen LogP contribution in [0.25, 0.3) is 0 Å². The zero-order valence-corrected chi connectivity index (χ0v) is 28.8. The van der Waals surface area contributed by atoms with Gasteiger partial charge >= 0.3 is 0 Å². The molecule has 4 aliphatic carbocycles. The molecule has 4 rings (SSSR count). The second-order valence-electron chi connectivity index (χ2n) is 15.5. The Balaban J connectivity index is 1.57. The van der Waals surface area contributed by atoms with E-state index >= 15 is 0 Å². The SMILES string of the molecule is C[C@H](CCCNCCCN)[C@H]1CC[C@H]2C3[C@H](OCCCN)CC4C[C@H](OCCCN)CCC4(C)[C@H]3C[C@H](OCCCN)C12C. The molecule has 0 aromatic rings. The summed E-state index contributed by atoms with van der Waals surface area (Å²) < 4.78 is 20.3. The van der Waals surface area contributed by atoms with Gasteiger partial charge in [-0.15, -0.1) is 0 Å². The van der Waals surface area contributed by atoms with Gasteiger partial charge in [0.2, 0.25) is 0 Å². The number of ether oxygens (including phenoxy) is 3. The molecule has 0 aromatic carbocycles. The first-order valence-electron chi connectivity index (χ1n) is 18.7. The maximum Gasteiger partial charge on any atom is 0.0637 e. The van der Waals surface area contributed by atoms with E-state index in [1.165, 1.54) is 44.9 Å². The average Bonchev–Trinajstić information content (AvgIpc) is 3.38. The summed E-state index contributed by atoms with van der Waals surface area (Å²) in [5.41, 5.74) is 23.9. The molecule has 0 amide bonds. The molecule has 4 fully saturated rings. The van der Waals surface area contributed by atoms with E-state index in [4.69, 9.17) is 37.1 Å². The number of hydrogen-bond donors (Lipinski definition) is 5. The Hall–Kier alpha value is -0.320. The van der Waals surface area contributed by atoms with Gasteiger partial charge in [0, 0.05) is 25.2 Å². The van der Waals surface area contributed by atoms with E-state index in [9.17, 15) is 0 Å². The minimum atomic E-state index is 0.170. The quantitative estimate of drug-likeness (QED) is 0.126. The minimum Gasteiger partial charge on any atom is -0.378 e. The van der Waals surface area contributed by atoms with E-state index in [0.717, 1.165) is 78.0 Å². The van der Waals surface area contributed by atoms with Crippen LogP contribution in [0.5, 0.6) is 0 Å². The van der Waals surface area contributed by atoms with Crippen LogP contribution in [0.2, 0.25) is 0 Å². The molecule has 0 saturated heterocycles. The number of hydrogen-bond acceptors (Lipinski definition) is 8. The molecule has 4 unspecified atom stereocenters. The summed E-state index contributed by atoms with van der Waals surface area (Å²) in [5.74, 6) is 3.85. The molecule has 11 atom stereocenters. The lowest BCUT2D eigenvalue weighted by Crippen LogP contribution is -2.63. The summed E-state index contributed by atoms with van der Waals surface area (Å²) in [4.78, 5) is 0. The van der Waals surface area contributed by atoms with Crippen LogP contribution >= 0.6 is 0 Å². The Morgan fingerprint density at radius 2 is 1.39 bits per heavy atom. The summed E-state index contributed by atoms with van der Waals surface area (Å²) in [7, 11) is 0. The minimum absolute atomic E-state index is 0.170. The highest BCUT2D eigenvalue weighted by Gasteiger charge is 2.66. The molecule has 8 heteroatoms. The van der Waals surface area contributed by atoms with Crippen molar-refractivity contribution < 1.29 is 14.2 Å². The van der Waals surface area contributed by atoms with Crippen LogP contribution in [0.3, 0.4) is 0 Å². The van der Waals surface area contributed by atoms with Gasteiger partial charge in [-0.25, -0.2) is 0 Å². The lowest BCUT2D eigenvalue weighted by atomic mass is 9.43. The monoisotopic (exact) mass is 622 g/mol. The maximum atomic E-state index is 6.99. The van der Waals surface area contributed by atoms with Crippen LogP contribution in [-0.2, 0) is 14.2 Å². The van der Waals surface area contributed by atoms with Gasteiger partial charge in [0.25, 0.3) is 0 Å². The van der Waals surface area contributed by atoms with E-state index in [0.29, 0.717) is 72.8 Å². The Morgan fingerprint density at radius 1 is 0.727 bits per heavy atom. The van der Waals surface area contributed by atoms with Crippen LogP contribution in [0.15, 0.2) is 0 Å². The molecule has 4 saturated carbocycles. The Labute approximate surface area is 270 Å². The normalized spacial score (nSPS) is 39.1. The highest BCUT2D eigenvalue weighted by molar-refractivity contribution is 5.15. The first-order valence-corrected chi connectivity index (χ1v) is 18.7. The molecule has 8 nitrogen and oxygen atoms in total. The van der Waals surface area contributed by atoms with E-state index < -0.39 is 0 Å². The van der Waals surface area contributed by atoms with Crippen molar-refractivity contribution >= 4 is 0 Å². The molecule has 0 radical (unpaired) electrons. The fraction of sp³-hybridized carbons (Fsp3) is 1.00. The fourth-order valence-electron chi connectivity index (χ4n) is 10.7. The van der Waals surface area contributed by atoms with Crippen LogP contribution in [0.4, 0.5) is 0 Å². The summed E-state index contributed by atoms with van der Waals surface area (Å²) >= 11 is 0. The van der Waals surface area contributed by atoms with Gasteiger partial charge in [-0.1, -0.05) is 20.8 Å². The third-order valence-electron chi connectivity index (χ3n) is 13.1. The molecular formula is C36H71N5O3. The van der Waals surface area contributed by atoms with Crippen molar-refractivity contribution in [2.75, 3.05) is 59.1 Å². The smallest absolute Gasteiger partial charge is 0.0637 e. The molecule has 0 bridgehead atoms. The second kappa shape index (κ2) is 17.7. The molecule has 0 aromatic heterocycles. The van der Waals surface area contributed by atoms with E-state index in [1.807, 2.05) is 0 Å². The van der Waals surface area contributed by atoms with Crippen molar-refractivity contribution in [3.05, 3.63) is 0 Å². The van der Waals surface area contributed by atoms with Crippen molar-refractivity contribution in [3.8, 4) is 0 Å². The van der Waals surface area contributed by atoms with Crippen molar-refractivity contribution in [1.82, 2.24) is 5.32 Å². The van der Waals surface area contributed by atoms with Gasteiger partial charge in [0.05, 0.1) is 18.3 Å². The molecule has 0 spiro atoms. The van der Waals surface area contributed by atoms with Gasteiger partial charge < -0.3 is 42.5 Å². The van der Waals surface area contributed by atoms with Crippen LogP contribution in [-0.4, -0.2) is 77.4 Å². The van der Waals surface area contributed by atoms with Crippen molar-refractivity contribution in [2.24, 2.45) is 69.3 Å². The third kappa shape index (κ3) is 8.21. The average molecular weight is 622 g/mol. The predicted octanol–water partition coefficient (Wildman–Crippen LogP) is 4.42. The number of nitrogens with two attached hydrogens (primary N) is 4. The number of rotatable bonds is 20. The summed E-state index contributed by atoms with van der Waals surface area (Å²) in [6.07, 6.45) is 15.8. The molecule has 0 aliphatic heterocycles. The Morgan fingerprint density at radius 3 is 2.09 bits per heavy atom. The Bertz CT molecular complexity index is 821. The number of fused-ring (bicyclic) bond motifs is 5. The van der Waals surface area contributed by atoms with E-state index in [1.54, 1.807) is 0 Å². The summed E-state index contributed by atoms with van der Waals surface area (Å²) in [6, 6.07) is 0. The standard InChI is InChI=1S/C36H71N5O3/c1-26(9-4-18-41-19-5-14-37)29-10-11-30-34-31(25-33(36(29,30)3)44-22-8-17-40)35(2)13-12-28(42-20-6-15-38)23-27(35)24-32(34)43-21-7-16-39/h26-34,41H,4-25,37-40H2,1-3H3/t26-,27?,28-,29-,30+,31+,32-,33+,34?,35?,36?/m1/s1. The summed E-state index contributed by atoms with van der Waals surface area (Å²) in [6.45, 7) is 15.1. The lowest BCUT2D eigenvalue weighted by molar-refractivity contribution is -0.227. The number of nitrogens with one attached hydrogen (secondary N) is 1. The molecular weight excluding hydrogens is 550 g/mol. The van der Waals surface area contributed by atoms with Crippen LogP contribution < -0.4 is 28.3 Å². The van der Waals surface area contributed by atoms with E-state index in [2.05, 4.69) is 26.1 Å². The van der Waals surface area contributed by atoms with Crippen molar-refractivity contribution in [3.63, 3.8) is 0 Å². The largest absolute Gasteiger partial charge is 0.378 e. The van der Waals surface area contributed by atoms with Crippen molar-refractivity contribution in [2.45, 2.75) is 123 Å². The maximum absolute atomic E-state index is 6.99. The van der Waals surface area contributed by atoms with Crippen LogP contribution in [0, 0.1) is 46.3 Å². The Kier molecular flexibility index (Phi) is 14.7. The molecule has 4 aliphatic rings. The van der Waals surface area contributed by atoms with E-state index in [-0.39, 0.29) is 11.5 Å². The molecule has 44 heavy (non-hydrogen) atoms. The molecule has 0 heterocycles. The van der Waals surface area contributed by atoms with Gasteiger partial charge in [0.1, 0.15) is 0 Å². The topological polar surface area (TPSA) is 144 Å². The van der Waals surface area contributed by atoms with Gasteiger partial charge in [-0.3, -0.25) is 0 Å². The van der Waals surface area contributed by atoms with Gasteiger partial charge in [0.15, 0.2) is 0 Å². The first-order chi connectivity index (χ1) is 21.3. The third-order valence-corrected chi connectivity index (χ3v) is 13.1. The predicted molar refractivity (Wildman–Crippen MR) is 181 cm³/mol. The lowest BCUT2D eigenvalue weighted by Gasteiger charge is -2.65. The fourth-order valence-corrected chi connectivity index (χ4v) is 10.7.